The Balaban J connectivity index is 1.51. The van der Waals surface area contributed by atoms with E-state index in [1.807, 2.05) is 30.3 Å². The molecular weight excluding hydrogens is 430 g/mol. The van der Waals surface area contributed by atoms with Crippen molar-refractivity contribution >= 4 is 17.8 Å². The average molecular weight is 468 g/mol. The van der Waals surface area contributed by atoms with Crippen LogP contribution in [0, 0.1) is 0 Å². The lowest BCUT2D eigenvalue weighted by Gasteiger charge is -2.23. The van der Waals surface area contributed by atoms with Crippen LogP contribution in [0.15, 0.2) is 53.3 Å². The van der Waals surface area contributed by atoms with Crippen molar-refractivity contribution < 1.29 is 19.1 Å². The fraction of sp³-hybridized carbons (Fsp3) is 0.519. The lowest BCUT2D eigenvalue weighted by atomic mass is 9.98. The number of dihydropyridines is 1. The standard InChI is InChI=1S/C27H37N3O4/c1-2-34-27(33)14-16-28-25(31)20-30(17-15-21-8-4-3-5-9-21)26(32)13-7-10-22-18-24-12-6-11-23(22)19-29-24/h3-5,8-9,18,29H,2,6-7,10-17,19-20H2,1H3,(H,28,31). The molecule has 2 amide bonds. The number of amides is 2. The summed E-state index contributed by atoms with van der Waals surface area (Å²) in [5.41, 5.74) is 5.29. The maximum absolute atomic E-state index is 13.1. The van der Waals surface area contributed by atoms with Crippen LogP contribution >= 0.6 is 0 Å². The molecule has 4 rings (SSSR count). The van der Waals surface area contributed by atoms with E-state index < -0.39 is 0 Å². The van der Waals surface area contributed by atoms with Gasteiger partial charge in [0.1, 0.15) is 0 Å². The summed E-state index contributed by atoms with van der Waals surface area (Å²) < 4.78 is 4.88. The number of ether oxygens (including phenoxy) is 1. The van der Waals surface area contributed by atoms with E-state index in [-0.39, 0.29) is 37.3 Å². The fourth-order valence-corrected chi connectivity index (χ4v) is 4.40. The van der Waals surface area contributed by atoms with E-state index in [1.54, 1.807) is 11.8 Å². The first-order valence-electron chi connectivity index (χ1n) is 12.4. The summed E-state index contributed by atoms with van der Waals surface area (Å²) in [6.45, 7) is 3.69. The fourth-order valence-electron chi connectivity index (χ4n) is 4.40. The number of hydrogen-bond acceptors (Lipinski definition) is 5. The molecule has 0 saturated carbocycles. The van der Waals surface area contributed by atoms with Gasteiger partial charge in [-0.2, -0.15) is 0 Å². The molecule has 1 fully saturated rings. The molecule has 1 saturated heterocycles. The zero-order valence-corrected chi connectivity index (χ0v) is 20.2. The summed E-state index contributed by atoms with van der Waals surface area (Å²) >= 11 is 0. The van der Waals surface area contributed by atoms with E-state index in [9.17, 15) is 14.4 Å². The highest BCUT2D eigenvalue weighted by molar-refractivity contribution is 5.85. The SMILES string of the molecule is CCOC(=O)CCNC(=O)CN(CCc1ccccc1)C(=O)CCCC1=C2CCCC(=C1)NC2. The van der Waals surface area contributed by atoms with Crippen molar-refractivity contribution in [3.63, 3.8) is 0 Å². The third-order valence-corrected chi connectivity index (χ3v) is 6.25. The van der Waals surface area contributed by atoms with Crippen LogP contribution in [0.3, 0.4) is 0 Å². The molecule has 0 aromatic heterocycles. The van der Waals surface area contributed by atoms with Crippen molar-refractivity contribution in [1.29, 1.82) is 0 Å². The Hall–Kier alpha value is -3.09. The summed E-state index contributed by atoms with van der Waals surface area (Å²) in [5.74, 6) is -0.605. The van der Waals surface area contributed by atoms with E-state index >= 15 is 0 Å². The van der Waals surface area contributed by atoms with E-state index in [1.165, 1.54) is 23.3 Å². The summed E-state index contributed by atoms with van der Waals surface area (Å²) in [6.07, 6.45) is 8.58. The van der Waals surface area contributed by atoms with Gasteiger partial charge in [-0.25, -0.2) is 0 Å². The van der Waals surface area contributed by atoms with Gasteiger partial charge in [-0.3, -0.25) is 14.4 Å². The second kappa shape index (κ2) is 13.6. The summed E-state index contributed by atoms with van der Waals surface area (Å²) in [4.78, 5) is 38.7. The number of nitrogens with zero attached hydrogens (tertiary/aromatic N) is 1. The van der Waals surface area contributed by atoms with Gasteiger partial charge in [0.2, 0.25) is 11.8 Å². The quantitative estimate of drug-likeness (QED) is 0.435. The van der Waals surface area contributed by atoms with Crippen molar-refractivity contribution in [1.82, 2.24) is 15.5 Å². The third-order valence-electron chi connectivity index (χ3n) is 6.25. The number of hydrogen-bond donors (Lipinski definition) is 2. The second-order valence-electron chi connectivity index (χ2n) is 8.81. The number of rotatable bonds is 13. The van der Waals surface area contributed by atoms with Gasteiger partial charge in [-0.05, 0) is 68.2 Å². The van der Waals surface area contributed by atoms with Crippen LogP contribution in [-0.4, -0.2) is 55.5 Å². The minimum absolute atomic E-state index is 0.00356. The molecule has 0 unspecified atom stereocenters. The summed E-state index contributed by atoms with van der Waals surface area (Å²) in [6, 6.07) is 9.96. The molecule has 184 valence electrons. The van der Waals surface area contributed by atoms with Gasteiger partial charge in [-0.15, -0.1) is 0 Å². The number of carbonyl (C=O) groups is 3. The molecule has 34 heavy (non-hydrogen) atoms. The first kappa shape index (κ1) is 25.5. The van der Waals surface area contributed by atoms with Gasteiger partial charge in [-0.1, -0.05) is 30.3 Å². The molecule has 2 heterocycles. The van der Waals surface area contributed by atoms with Crippen molar-refractivity contribution in [2.45, 2.75) is 58.3 Å². The second-order valence-corrected chi connectivity index (χ2v) is 8.81. The van der Waals surface area contributed by atoms with Crippen LogP contribution in [0.2, 0.25) is 0 Å². The van der Waals surface area contributed by atoms with E-state index in [0.29, 0.717) is 26.0 Å². The Morgan fingerprint density at radius 2 is 1.91 bits per heavy atom. The van der Waals surface area contributed by atoms with Gasteiger partial charge >= 0.3 is 5.97 Å². The minimum atomic E-state index is -0.340. The van der Waals surface area contributed by atoms with Crippen LogP contribution < -0.4 is 10.6 Å². The summed E-state index contributed by atoms with van der Waals surface area (Å²) in [5, 5.41) is 6.20. The number of carbonyl (C=O) groups excluding carboxylic acids is 3. The zero-order valence-electron chi connectivity index (χ0n) is 20.2. The van der Waals surface area contributed by atoms with Crippen molar-refractivity contribution in [3.05, 3.63) is 58.8 Å². The molecule has 7 heteroatoms. The molecular formula is C27H37N3O4. The topological polar surface area (TPSA) is 87.7 Å². The predicted octanol–water partition coefficient (Wildman–Crippen LogP) is 3.27. The number of benzene rings is 1. The number of nitrogens with one attached hydrogen (secondary N) is 2. The van der Waals surface area contributed by atoms with Gasteiger partial charge in [0.15, 0.2) is 0 Å². The molecule has 1 aliphatic carbocycles. The number of fused-ring (bicyclic) bond motifs is 4. The molecule has 2 N–H and O–H groups in total. The van der Waals surface area contributed by atoms with E-state index in [0.717, 1.165) is 37.8 Å². The van der Waals surface area contributed by atoms with Crippen LogP contribution in [0.25, 0.3) is 0 Å². The molecule has 2 aliphatic heterocycles. The van der Waals surface area contributed by atoms with Crippen molar-refractivity contribution in [2.75, 3.05) is 32.8 Å². The van der Waals surface area contributed by atoms with Crippen LogP contribution in [0.4, 0.5) is 0 Å². The highest BCUT2D eigenvalue weighted by Gasteiger charge is 2.20. The normalized spacial score (nSPS) is 14.7. The van der Waals surface area contributed by atoms with E-state index in [4.69, 9.17) is 4.74 Å². The summed E-state index contributed by atoms with van der Waals surface area (Å²) in [7, 11) is 0. The van der Waals surface area contributed by atoms with Crippen LogP contribution in [0.1, 0.15) is 57.4 Å². The molecule has 7 nitrogen and oxygen atoms in total. The van der Waals surface area contributed by atoms with Crippen LogP contribution in [0.5, 0.6) is 0 Å². The highest BCUT2D eigenvalue weighted by Crippen LogP contribution is 2.28. The minimum Gasteiger partial charge on any atom is -0.466 e. The van der Waals surface area contributed by atoms with Gasteiger partial charge in [0.05, 0.1) is 19.6 Å². The molecule has 2 bridgehead atoms. The molecule has 3 aliphatic rings. The predicted molar refractivity (Wildman–Crippen MR) is 132 cm³/mol. The first-order chi connectivity index (χ1) is 16.5. The molecule has 0 spiro atoms. The maximum Gasteiger partial charge on any atom is 0.307 e. The monoisotopic (exact) mass is 467 g/mol. The van der Waals surface area contributed by atoms with Gasteiger partial charge in [0.25, 0.3) is 0 Å². The third kappa shape index (κ3) is 8.36. The molecule has 1 aromatic carbocycles. The van der Waals surface area contributed by atoms with Crippen molar-refractivity contribution in [3.8, 4) is 0 Å². The Morgan fingerprint density at radius 3 is 2.71 bits per heavy atom. The Bertz CT molecular complexity index is 900. The average Bonchev–Trinajstić information content (AvgIpc) is 3.18. The number of allylic oxidation sites excluding steroid dienone is 3. The molecule has 1 aromatic rings. The molecule has 0 radical (unpaired) electrons. The first-order valence-corrected chi connectivity index (χ1v) is 12.4. The zero-order chi connectivity index (χ0) is 24.2. The van der Waals surface area contributed by atoms with Crippen molar-refractivity contribution in [2.24, 2.45) is 0 Å². The Kier molecular flexibility index (Phi) is 10.2. The molecule has 0 atom stereocenters. The lowest BCUT2D eigenvalue weighted by molar-refractivity contribution is -0.143. The highest BCUT2D eigenvalue weighted by atomic mass is 16.5. The van der Waals surface area contributed by atoms with Gasteiger partial charge in [0, 0.05) is 31.8 Å². The smallest absolute Gasteiger partial charge is 0.307 e. The lowest BCUT2D eigenvalue weighted by Crippen LogP contribution is -2.42. The van der Waals surface area contributed by atoms with E-state index in [2.05, 4.69) is 16.7 Å². The Morgan fingerprint density at radius 1 is 1.09 bits per heavy atom. The van der Waals surface area contributed by atoms with Crippen LogP contribution in [-0.2, 0) is 25.5 Å². The maximum atomic E-state index is 13.1. The Labute approximate surface area is 202 Å². The number of esters is 1. The largest absolute Gasteiger partial charge is 0.466 e. The van der Waals surface area contributed by atoms with Gasteiger partial charge < -0.3 is 20.3 Å².